The minimum absolute atomic E-state index is 0. The fraction of sp³-hybridized carbons (Fsp3) is 0.158. The van der Waals surface area contributed by atoms with Crippen LogP contribution in [0.3, 0.4) is 0 Å². The normalized spacial score (nSPS) is 12.3. The lowest BCUT2D eigenvalue weighted by Gasteiger charge is -2.18. The van der Waals surface area contributed by atoms with Crippen LogP contribution in [0.4, 0.5) is 5.69 Å². The van der Waals surface area contributed by atoms with Gasteiger partial charge in [-0.1, -0.05) is 28.1 Å². The molecule has 0 saturated carbocycles. The van der Waals surface area contributed by atoms with Gasteiger partial charge in [0.15, 0.2) is 0 Å². The summed E-state index contributed by atoms with van der Waals surface area (Å²) in [6.45, 7) is -0.670. The summed E-state index contributed by atoms with van der Waals surface area (Å²) in [6, 6.07) is 13.5. The van der Waals surface area contributed by atoms with Crippen LogP contribution in [0.5, 0.6) is 0 Å². The lowest BCUT2D eigenvalue weighted by Crippen LogP contribution is -2.44. The van der Waals surface area contributed by atoms with E-state index in [1.165, 1.54) is 4.90 Å². The molecule has 0 saturated heterocycles. The first-order chi connectivity index (χ1) is 12.9. The van der Waals surface area contributed by atoms with Gasteiger partial charge in [0.1, 0.15) is 6.54 Å². The molecule has 0 aliphatic carbocycles. The monoisotopic (exact) mass is 465 g/mol. The van der Waals surface area contributed by atoms with Crippen LogP contribution in [-0.4, -0.2) is 48.7 Å². The van der Waals surface area contributed by atoms with Crippen LogP contribution in [0.1, 0.15) is 20.7 Å². The predicted molar refractivity (Wildman–Crippen MR) is 110 cm³/mol. The zero-order valence-corrected chi connectivity index (χ0v) is 17.2. The number of fused-ring (bicyclic) bond motifs is 1. The maximum absolute atomic E-state index is 12.2. The van der Waals surface area contributed by atoms with E-state index < -0.39 is 24.3 Å². The fourth-order valence-electron chi connectivity index (χ4n) is 2.68. The number of hydrogen-bond donors (Lipinski definition) is 1. The number of hydrogen-bond acceptors (Lipinski definition) is 4. The fourth-order valence-corrected chi connectivity index (χ4v) is 2.95. The first kappa shape index (κ1) is 21.6. The lowest BCUT2D eigenvalue weighted by atomic mass is 10.1. The van der Waals surface area contributed by atoms with Crippen molar-refractivity contribution in [2.45, 2.75) is 0 Å². The summed E-state index contributed by atoms with van der Waals surface area (Å²) in [7, 11) is 1.60. The summed E-state index contributed by atoms with van der Waals surface area (Å²) in [6.07, 6.45) is 0. The zero-order valence-electron chi connectivity index (χ0n) is 14.8. The van der Waals surface area contributed by atoms with Crippen LogP contribution >= 0.6 is 28.3 Å². The van der Waals surface area contributed by atoms with Crippen molar-refractivity contribution >= 4 is 57.7 Å². The van der Waals surface area contributed by atoms with Gasteiger partial charge < -0.3 is 10.2 Å². The van der Waals surface area contributed by atoms with Gasteiger partial charge in [-0.05, 0) is 36.4 Å². The topological polar surface area (TPSA) is 86.8 Å². The molecular formula is C19H17BrClN3O4. The van der Waals surface area contributed by atoms with Crippen LogP contribution in [-0.2, 0) is 9.59 Å². The van der Waals surface area contributed by atoms with Gasteiger partial charge in [-0.25, -0.2) is 0 Å². The maximum atomic E-state index is 12.2. The van der Waals surface area contributed by atoms with Gasteiger partial charge in [0.2, 0.25) is 11.8 Å². The van der Waals surface area contributed by atoms with E-state index in [2.05, 4.69) is 21.2 Å². The van der Waals surface area contributed by atoms with Gasteiger partial charge in [0.25, 0.3) is 11.8 Å². The molecule has 9 heteroatoms. The Morgan fingerprint density at radius 3 is 2.07 bits per heavy atom. The van der Waals surface area contributed by atoms with Gasteiger partial charge in [-0.3, -0.25) is 24.1 Å². The van der Waals surface area contributed by atoms with E-state index in [0.29, 0.717) is 5.69 Å². The van der Waals surface area contributed by atoms with E-state index in [4.69, 9.17) is 0 Å². The molecule has 1 aliphatic heterocycles. The van der Waals surface area contributed by atoms with Gasteiger partial charge in [0, 0.05) is 17.2 Å². The van der Waals surface area contributed by atoms with E-state index in [1.54, 1.807) is 55.6 Å². The molecule has 0 bridgehead atoms. The highest BCUT2D eigenvalue weighted by atomic mass is 79.9. The Morgan fingerprint density at radius 1 is 1.00 bits per heavy atom. The number of likely N-dealkylation sites (N-methyl/N-ethyl adjacent to an activating group) is 1. The number of carbonyl (C=O) groups excluding carboxylic acids is 4. The zero-order chi connectivity index (χ0) is 19.6. The first-order valence-corrected chi connectivity index (χ1v) is 8.92. The lowest BCUT2D eigenvalue weighted by molar-refractivity contribution is -0.125. The molecule has 0 aromatic heterocycles. The number of halogens is 2. The molecule has 4 amide bonds. The number of nitrogens with zero attached hydrogens (tertiary/aromatic N) is 2. The number of benzene rings is 2. The smallest absolute Gasteiger partial charge is 0.262 e. The highest BCUT2D eigenvalue weighted by Gasteiger charge is 2.36. The Kier molecular flexibility index (Phi) is 6.93. The average molecular weight is 467 g/mol. The average Bonchev–Trinajstić information content (AvgIpc) is 2.91. The van der Waals surface area contributed by atoms with Gasteiger partial charge in [-0.15, -0.1) is 12.4 Å². The maximum Gasteiger partial charge on any atom is 0.262 e. The Balaban J connectivity index is 0.00000280. The SMILES string of the molecule is CN(C(=O)CNC(=O)CN1C(=O)c2ccccc2C1=O)c1ccc(Br)cc1.Cl. The Hall–Kier alpha value is -2.71. The number of carbonyl (C=O) groups is 4. The van der Waals surface area contributed by atoms with Crippen molar-refractivity contribution in [2.24, 2.45) is 0 Å². The third-order valence-electron chi connectivity index (χ3n) is 4.20. The molecule has 0 fully saturated rings. The third kappa shape index (κ3) is 4.40. The number of rotatable bonds is 5. The molecule has 2 aromatic carbocycles. The summed E-state index contributed by atoms with van der Waals surface area (Å²) >= 11 is 3.32. The van der Waals surface area contributed by atoms with Crippen molar-refractivity contribution in [1.82, 2.24) is 10.2 Å². The molecule has 1 N–H and O–H groups in total. The number of amides is 4. The van der Waals surface area contributed by atoms with Crippen LogP contribution in [0, 0.1) is 0 Å². The van der Waals surface area contributed by atoms with Crippen molar-refractivity contribution in [3.8, 4) is 0 Å². The summed E-state index contributed by atoms with van der Waals surface area (Å²) in [4.78, 5) is 51.1. The summed E-state index contributed by atoms with van der Waals surface area (Å²) in [5.74, 6) is -1.93. The third-order valence-corrected chi connectivity index (χ3v) is 4.73. The van der Waals surface area contributed by atoms with E-state index in [1.807, 2.05) is 0 Å². The van der Waals surface area contributed by atoms with Crippen molar-refractivity contribution in [3.05, 3.63) is 64.1 Å². The second kappa shape index (κ2) is 8.99. The standard InChI is InChI=1S/C19H16BrN3O4.ClH/c1-22(13-8-6-12(20)7-9-13)17(25)10-21-16(24)11-23-18(26)14-4-2-3-5-15(14)19(23)27;/h2-9H,10-11H2,1H3,(H,21,24);1H. The van der Waals surface area contributed by atoms with E-state index in [-0.39, 0.29) is 36.0 Å². The van der Waals surface area contributed by atoms with E-state index in [0.717, 1.165) is 9.37 Å². The van der Waals surface area contributed by atoms with Gasteiger partial charge in [-0.2, -0.15) is 0 Å². The van der Waals surface area contributed by atoms with Crippen LogP contribution in [0.15, 0.2) is 53.0 Å². The molecule has 0 spiro atoms. The largest absolute Gasteiger partial charge is 0.345 e. The predicted octanol–water partition coefficient (Wildman–Crippen LogP) is 2.25. The molecule has 7 nitrogen and oxygen atoms in total. The number of anilines is 1. The van der Waals surface area contributed by atoms with Crippen LogP contribution < -0.4 is 10.2 Å². The highest BCUT2D eigenvalue weighted by molar-refractivity contribution is 9.10. The Morgan fingerprint density at radius 2 is 1.54 bits per heavy atom. The second-order valence-corrected chi connectivity index (χ2v) is 6.86. The Labute approximate surface area is 176 Å². The summed E-state index contributed by atoms with van der Waals surface area (Å²) in [5.41, 5.74) is 1.24. The number of imide groups is 1. The van der Waals surface area contributed by atoms with Gasteiger partial charge >= 0.3 is 0 Å². The molecule has 1 aliphatic rings. The molecular weight excluding hydrogens is 450 g/mol. The van der Waals surface area contributed by atoms with Crippen LogP contribution in [0.25, 0.3) is 0 Å². The second-order valence-electron chi connectivity index (χ2n) is 5.95. The molecule has 1 heterocycles. The van der Waals surface area contributed by atoms with Crippen molar-refractivity contribution in [3.63, 3.8) is 0 Å². The Bertz CT molecular complexity index is 898. The van der Waals surface area contributed by atoms with Crippen molar-refractivity contribution in [1.29, 1.82) is 0 Å². The van der Waals surface area contributed by atoms with Gasteiger partial charge in [0.05, 0.1) is 17.7 Å². The minimum Gasteiger partial charge on any atom is -0.345 e. The number of nitrogens with one attached hydrogen (secondary N) is 1. The highest BCUT2D eigenvalue weighted by Crippen LogP contribution is 2.22. The molecule has 0 atom stereocenters. The molecule has 28 heavy (non-hydrogen) atoms. The summed E-state index contributed by atoms with van der Waals surface area (Å²) < 4.78 is 0.890. The minimum atomic E-state index is -0.581. The van der Waals surface area contributed by atoms with Crippen molar-refractivity contribution in [2.75, 3.05) is 25.0 Å². The van der Waals surface area contributed by atoms with E-state index in [9.17, 15) is 19.2 Å². The van der Waals surface area contributed by atoms with E-state index >= 15 is 0 Å². The molecule has 0 radical (unpaired) electrons. The molecule has 146 valence electrons. The van der Waals surface area contributed by atoms with Crippen LogP contribution in [0.2, 0.25) is 0 Å². The quantitative estimate of drug-likeness (QED) is 0.685. The summed E-state index contributed by atoms with van der Waals surface area (Å²) in [5, 5.41) is 2.45. The molecule has 3 rings (SSSR count). The van der Waals surface area contributed by atoms with Crippen molar-refractivity contribution < 1.29 is 19.2 Å². The molecule has 0 unspecified atom stereocenters. The first-order valence-electron chi connectivity index (χ1n) is 8.12. The molecule has 2 aromatic rings.